The summed E-state index contributed by atoms with van der Waals surface area (Å²) in [5.74, 6) is 2.27. The normalized spacial score (nSPS) is 10.7. The molecule has 0 bridgehead atoms. The van der Waals surface area contributed by atoms with Crippen LogP contribution in [0, 0.1) is 0 Å². The third-order valence-electron chi connectivity index (χ3n) is 3.97. The zero-order valence-corrected chi connectivity index (χ0v) is 19.0. The van der Waals surface area contributed by atoms with Gasteiger partial charge in [-0.2, -0.15) is 0 Å². The molecule has 0 fully saturated rings. The molecule has 27 heavy (non-hydrogen) atoms. The zero-order chi connectivity index (χ0) is 18.8. The Balaban J connectivity index is 0.00000364. The lowest BCUT2D eigenvalue weighted by Gasteiger charge is -2.13. The molecule has 0 aliphatic heterocycles. The molecule has 0 aliphatic rings. The van der Waals surface area contributed by atoms with E-state index in [1.54, 1.807) is 21.3 Å². The standard InChI is InChI=1S/C20H26ClN3O2.HI/c1-22-20(23-11-9-15-5-4-6-17(21)13-15)24-12-10-16-7-8-18(25-2)19(14-16)26-3;/h4-8,13-14H,9-12H2,1-3H3,(H2,22,23,24);1H. The SMILES string of the molecule is CN=C(NCCc1cccc(Cl)c1)NCCc1ccc(OC)c(OC)c1.I. The molecule has 0 unspecified atom stereocenters. The van der Waals surface area contributed by atoms with E-state index in [2.05, 4.69) is 21.7 Å². The molecule has 0 spiro atoms. The van der Waals surface area contributed by atoms with Crippen molar-refractivity contribution in [2.45, 2.75) is 12.8 Å². The maximum absolute atomic E-state index is 6.01. The van der Waals surface area contributed by atoms with Crippen LogP contribution in [0.5, 0.6) is 11.5 Å². The van der Waals surface area contributed by atoms with E-state index in [4.69, 9.17) is 21.1 Å². The number of guanidine groups is 1. The molecule has 0 aliphatic carbocycles. The fourth-order valence-corrected chi connectivity index (χ4v) is 2.81. The largest absolute Gasteiger partial charge is 0.493 e. The molecule has 0 aromatic heterocycles. The van der Waals surface area contributed by atoms with Crippen LogP contribution in [-0.2, 0) is 12.8 Å². The first-order valence-corrected chi connectivity index (χ1v) is 8.94. The third-order valence-corrected chi connectivity index (χ3v) is 4.21. The Kier molecular flexibility index (Phi) is 11.0. The minimum Gasteiger partial charge on any atom is -0.493 e. The van der Waals surface area contributed by atoms with Crippen LogP contribution in [0.2, 0.25) is 5.02 Å². The quantitative estimate of drug-likeness (QED) is 0.326. The summed E-state index contributed by atoms with van der Waals surface area (Å²) in [6.45, 7) is 1.56. The van der Waals surface area contributed by atoms with Crippen molar-refractivity contribution in [3.8, 4) is 11.5 Å². The molecular formula is C20H27ClIN3O2. The van der Waals surface area contributed by atoms with E-state index in [0.717, 1.165) is 48.4 Å². The van der Waals surface area contributed by atoms with Crippen LogP contribution >= 0.6 is 35.6 Å². The Labute approximate surface area is 183 Å². The van der Waals surface area contributed by atoms with E-state index < -0.39 is 0 Å². The number of hydrogen-bond donors (Lipinski definition) is 2. The first-order chi connectivity index (χ1) is 12.7. The van der Waals surface area contributed by atoms with Crippen molar-refractivity contribution in [2.75, 3.05) is 34.4 Å². The Bertz CT molecular complexity index is 741. The molecule has 2 aromatic rings. The minimum atomic E-state index is 0. The lowest BCUT2D eigenvalue weighted by Crippen LogP contribution is -2.39. The smallest absolute Gasteiger partial charge is 0.190 e. The monoisotopic (exact) mass is 503 g/mol. The van der Waals surface area contributed by atoms with E-state index in [9.17, 15) is 0 Å². The van der Waals surface area contributed by atoms with Crippen molar-refractivity contribution < 1.29 is 9.47 Å². The molecule has 0 saturated heterocycles. The molecule has 0 amide bonds. The molecule has 0 atom stereocenters. The van der Waals surface area contributed by atoms with Crippen molar-refractivity contribution in [2.24, 2.45) is 4.99 Å². The highest BCUT2D eigenvalue weighted by atomic mass is 127. The predicted octanol–water partition coefficient (Wildman–Crippen LogP) is 3.93. The second kappa shape index (κ2) is 12.7. The summed E-state index contributed by atoms with van der Waals surface area (Å²) in [6, 6.07) is 13.9. The number of benzene rings is 2. The number of rotatable bonds is 8. The van der Waals surface area contributed by atoms with Crippen molar-refractivity contribution in [1.29, 1.82) is 0 Å². The first-order valence-electron chi connectivity index (χ1n) is 8.56. The van der Waals surface area contributed by atoms with Gasteiger partial charge in [0.25, 0.3) is 0 Å². The lowest BCUT2D eigenvalue weighted by molar-refractivity contribution is 0.354. The number of ether oxygens (including phenoxy) is 2. The second-order valence-corrected chi connectivity index (χ2v) is 6.18. The summed E-state index contributed by atoms with van der Waals surface area (Å²) in [5, 5.41) is 7.40. The molecule has 2 N–H and O–H groups in total. The molecular weight excluding hydrogens is 477 g/mol. The van der Waals surface area contributed by atoms with Gasteiger partial charge >= 0.3 is 0 Å². The van der Waals surface area contributed by atoms with Gasteiger partial charge in [0.2, 0.25) is 0 Å². The number of aliphatic imine (C=N–C) groups is 1. The van der Waals surface area contributed by atoms with Crippen LogP contribution in [0.1, 0.15) is 11.1 Å². The molecule has 2 rings (SSSR count). The summed E-state index contributed by atoms with van der Waals surface area (Å²) < 4.78 is 10.6. The Morgan fingerprint density at radius 2 is 1.56 bits per heavy atom. The van der Waals surface area contributed by atoms with Gasteiger partial charge in [-0.25, -0.2) is 0 Å². The van der Waals surface area contributed by atoms with Gasteiger partial charge in [0.15, 0.2) is 17.5 Å². The number of hydrogen-bond acceptors (Lipinski definition) is 3. The van der Waals surface area contributed by atoms with Gasteiger partial charge in [-0.15, -0.1) is 24.0 Å². The van der Waals surface area contributed by atoms with Crippen molar-refractivity contribution in [3.05, 3.63) is 58.6 Å². The maximum atomic E-state index is 6.01. The lowest BCUT2D eigenvalue weighted by atomic mass is 10.1. The van der Waals surface area contributed by atoms with Gasteiger partial charge in [-0.3, -0.25) is 4.99 Å². The molecule has 5 nitrogen and oxygen atoms in total. The average Bonchev–Trinajstić information content (AvgIpc) is 2.66. The van der Waals surface area contributed by atoms with Crippen LogP contribution in [0.4, 0.5) is 0 Å². The fourth-order valence-electron chi connectivity index (χ4n) is 2.60. The summed E-state index contributed by atoms with van der Waals surface area (Å²) in [6.07, 6.45) is 1.74. The van der Waals surface area contributed by atoms with Gasteiger partial charge in [-0.1, -0.05) is 29.8 Å². The number of halogens is 2. The van der Waals surface area contributed by atoms with E-state index in [1.165, 1.54) is 11.1 Å². The summed E-state index contributed by atoms with van der Waals surface area (Å²) in [4.78, 5) is 4.25. The van der Waals surface area contributed by atoms with Gasteiger partial charge in [-0.05, 0) is 48.2 Å². The topological polar surface area (TPSA) is 54.9 Å². The Morgan fingerprint density at radius 3 is 2.11 bits per heavy atom. The van der Waals surface area contributed by atoms with Gasteiger partial charge in [0.05, 0.1) is 14.2 Å². The highest BCUT2D eigenvalue weighted by Crippen LogP contribution is 2.27. The molecule has 2 aromatic carbocycles. The fraction of sp³-hybridized carbons (Fsp3) is 0.350. The van der Waals surface area contributed by atoms with Crippen LogP contribution in [0.3, 0.4) is 0 Å². The predicted molar refractivity (Wildman–Crippen MR) is 123 cm³/mol. The number of nitrogens with one attached hydrogen (secondary N) is 2. The van der Waals surface area contributed by atoms with E-state index >= 15 is 0 Å². The van der Waals surface area contributed by atoms with Crippen molar-refractivity contribution in [3.63, 3.8) is 0 Å². The summed E-state index contributed by atoms with van der Waals surface area (Å²) in [7, 11) is 5.05. The number of methoxy groups -OCH3 is 2. The van der Waals surface area contributed by atoms with Crippen molar-refractivity contribution >= 4 is 41.5 Å². The Morgan fingerprint density at radius 1 is 0.926 bits per heavy atom. The van der Waals surface area contributed by atoms with E-state index in [-0.39, 0.29) is 24.0 Å². The van der Waals surface area contributed by atoms with E-state index in [0.29, 0.717) is 0 Å². The van der Waals surface area contributed by atoms with Crippen LogP contribution < -0.4 is 20.1 Å². The molecule has 0 saturated carbocycles. The molecule has 0 radical (unpaired) electrons. The average molecular weight is 504 g/mol. The zero-order valence-electron chi connectivity index (χ0n) is 15.9. The van der Waals surface area contributed by atoms with Crippen LogP contribution in [0.25, 0.3) is 0 Å². The molecule has 148 valence electrons. The van der Waals surface area contributed by atoms with Gasteiger partial charge < -0.3 is 20.1 Å². The Hall–Kier alpha value is -1.67. The highest BCUT2D eigenvalue weighted by Gasteiger charge is 2.05. The van der Waals surface area contributed by atoms with Gasteiger partial charge in [0, 0.05) is 25.2 Å². The van der Waals surface area contributed by atoms with Crippen LogP contribution in [-0.4, -0.2) is 40.3 Å². The van der Waals surface area contributed by atoms with Gasteiger partial charge in [0.1, 0.15) is 0 Å². The second-order valence-electron chi connectivity index (χ2n) is 5.75. The summed E-state index contributed by atoms with van der Waals surface area (Å²) >= 11 is 6.01. The maximum Gasteiger partial charge on any atom is 0.190 e. The third kappa shape index (κ3) is 7.84. The highest BCUT2D eigenvalue weighted by molar-refractivity contribution is 14.0. The molecule has 0 heterocycles. The minimum absolute atomic E-state index is 0. The van der Waals surface area contributed by atoms with E-state index in [1.807, 2.05) is 36.4 Å². The van der Waals surface area contributed by atoms with Crippen molar-refractivity contribution in [1.82, 2.24) is 10.6 Å². The summed E-state index contributed by atoms with van der Waals surface area (Å²) in [5.41, 5.74) is 2.37. The first kappa shape index (κ1) is 23.4. The molecule has 7 heteroatoms. The number of nitrogens with zero attached hydrogens (tertiary/aromatic N) is 1. The van der Waals surface area contributed by atoms with Crippen LogP contribution in [0.15, 0.2) is 47.5 Å².